The highest BCUT2D eigenvalue weighted by Gasteiger charge is 2.15. The van der Waals surface area contributed by atoms with Crippen LogP contribution < -0.4 is 0 Å². The van der Waals surface area contributed by atoms with Crippen molar-refractivity contribution < 1.29 is 9.13 Å². The Kier molecular flexibility index (Phi) is 7.52. The molecule has 1 saturated heterocycles. The maximum Gasteiger partial charge on any atom is 0.123 e. The Bertz CT molecular complexity index is 947. The third kappa shape index (κ3) is 6.50. The fraction of sp³-hybridized carbons (Fsp3) is 0.385. The molecular formula is C26H32FN3O. The molecular weight excluding hydrogens is 389 g/mol. The van der Waals surface area contributed by atoms with Crippen molar-refractivity contribution in [2.24, 2.45) is 0 Å². The van der Waals surface area contributed by atoms with Crippen molar-refractivity contribution in [2.75, 3.05) is 39.4 Å². The van der Waals surface area contributed by atoms with Gasteiger partial charge in [-0.05, 0) is 42.3 Å². The molecule has 0 atom stereocenters. The van der Waals surface area contributed by atoms with Gasteiger partial charge in [-0.2, -0.15) is 0 Å². The normalized spacial score (nSPS) is 14.9. The molecule has 0 N–H and O–H groups in total. The fourth-order valence-electron chi connectivity index (χ4n) is 4.08. The van der Waals surface area contributed by atoms with Gasteiger partial charge >= 0.3 is 0 Å². The van der Waals surface area contributed by atoms with Crippen LogP contribution in [0.4, 0.5) is 4.39 Å². The molecule has 4 nitrogen and oxygen atoms in total. The van der Waals surface area contributed by atoms with E-state index in [-0.39, 0.29) is 5.82 Å². The van der Waals surface area contributed by atoms with Crippen LogP contribution in [0, 0.1) is 12.7 Å². The molecule has 2 heterocycles. The molecule has 0 unspecified atom stereocenters. The Morgan fingerprint density at radius 3 is 2.52 bits per heavy atom. The van der Waals surface area contributed by atoms with E-state index in [0.29, 0.717) is 0 Å². The summed E-state index contributed by atoms with van der Waals surface area (Å²) in [6.45, 7) is 10.1. The van der Waals surface area contributed by atoms with E-state index in [1.165, 1.54) is 22.9 Å². The lowest BCUT2D eigenvalue weighted by atomic mass is 10.1. The third-order valence-electron chi connectivity index (χ3n) is 5.91. The highest BCUT2D eigenvalue weighted by atomic mass is 19.1. The number of nitrogens with zero attached hydrogens (tertiary/aromatic N) is 3. The summed E-state index contributed by atoms with van der Waals surface area (Å²) in [6.07, 6.45) is 2.15. The van der Waals surface area contributed by atoms with Crippen molar-refractivity contribution in [3.05, 3.63) is 95.1 Å². The minimum atomic E-state index is -0.173. The van der Waals surface area contributed by atoms with Gasteiger partial charge in [0.25, 0.3) is 0 Å². The number of aromatic nitrogens is 1. The average molecular weight is 422 g/mol. The molecule has 31 heavy (non-hydrogen) atoms. The molecule has 5 heteroatoms. The van der Waals surface area contributed by atoms with Crippen LogP contribution in [-0.4, -0.2) is 53.8 Å². The smallest absolute Gasteiger partial charge is 0.123 e. The van der Waals surface area contributed by atoms with Gasteiger partial charge in [-0.3, -0.25) is 9.80 Å². The Hall–Kier alpha value is -2.47. The molecule has 1 aromatic heterocycles. The Labute approximate surface area is 184 Å². The highest BCUT2D eigenvalue weighted by Crippen LogP contribution is 2.15. The average Bonchev–Trinajstić information content (AvgIpc) is 3.21. The van der Waals surface area contributed by atoms with Crippen LogP contribution in [0.25, 0.3) is 0 Å². The van der Waals surface area contributed by atoms with E-state index < -0.39 is 0 Å². The molecule has 2 aromatic carbocycles. The molecule has 0 saturated carbocycles. The largest absolute Gasteiger partial charge is 0.379 e. The quantitative estimate of drug-likeness (QED) is 0.513. The van der Waals surface area contributed by atoms with Crippen molar-refractivity contribution >= 4 is 0 Å². The Morgan fingerprint density at radius 2 is 1.74 bits per heavy atom. The third-order valence-corrected chi connectivity index (χ3v) is 5.91. The van der Waals surface area contributed by atoms with E-state index in [1.54, 1.807) is 12.1 Å². The summed E-state index contributed by atoms with van der Waals surface area (Å²) in [6, 6.07) is 20.0. The lowest BCUT2D eigenvalue weighted by Crippen LogP contribution is -2.41. The lowest BCUT2D eigenvalue weighted by Gasteiger charge is -2.30. The number of morpholine rings is 1. The molecule has 0 radical (unpaired) electrons. The molecule has 1 aliphatic rings. The van der Waals surface area contributed by atoms with Crippen LogP contribution in [0.1, 0.15) is 22.4 Å². The van der Waals surface area contributed by atoms with Crippen LogP contribution >= 0.6 is 0 Å². The molecule has 3 aromatic rings. The molecule has 0 bridgehead atoms. The first-order valence-electron chi connectivity index (χ1n) is 11.1. The maximum absolute atomic E-state index is 13.8. The fourth-order valence-corrected chi connectivity index (χ4v) is 4.08. The topological polar surface area (TPSA) is 20.6 Å². The second-order valence-electron chi connectivity index (χ2n) is 8.41. The van der Waals surface area contributed by atoms with E-state index in [1.807, 2.05) is 6.07 Å². The van der Waals surface area contributed by atoms with E-state index in [4.69, 9.17) is 4.74 Å². The maximum atomic E-state index is 13.8. The molecule has 1 fully saturated rings. The predicted molar refractivity (Wildman–Crippen MR) is 122 cm³/mol. The zero-order valence-corrected chi connectivity index (χ0v) is 18.3. The van der Waals surface area contributed by atoms with E-state index in [9.17, 15) is 4.39 Å². The lowest BCUT2D eigenvalue weighted by molar-refractivity contribution is 0.0323. The molecule has 0 aliphatic carbocycles. The molecule has 164 valence electrons. The van der Waals surface area contributed by atoms with Crippen LogP contribution in [0.5, 0.6) is 0 Å². The van der Waals surface area contributed by atoms with Gasteiger partial charge in [0.1, 0.15) is 5.82 Å². The van der Waals surface area contributed by atoms with Crippen LogP contribution in [0.2, 0.25) is 0 Å². The monoisotopic (exact) mass is 421 g/mol. The van der Waals surface area contributed by atoms with Gasteiger partial charge in [0.2, 0.25) is 0 Å². The van der Waals surface area contributed by atoms with E-state index in [2.05, 4.69) is 63.9 Å². The summed E-state index contributed by atoms with van der Waals surface area (Å²) in [7, 11) is 0. The molecule has 1 aliphatic heterocycles. The van der Waals surface area contributed by atoms with Crippen molar-refractivity contribution in [2.45, 2.75) is 26.6 Å². The molecule has 0 amide bonds. The summed E-state index contributed by atoms with van der Waals surface area (Å²) in [5.41, 5.74) is 4.87. The summed E-state index contributed by atoms with van der Waals surface area (Å²) in [4.78, 5) is 4.87. The Morgan fingerprint density at radius 1 is 0.935 bits per heavy atom. The zero-order chi connectivity index (χ0) is 21.5. The number of aryl methyl sites for hydroxylation is 1. The minimum Gasteiger partial charge on any atom is -0.379 e. The number of benzene rings is 2. The number of ether oxygens (including phenoxy) is 1. The van der Waals surface area contributed by atoms with Crippen molar-refractivity contribution in [3.8, 4) is 0 Å². The summed E-state index contributed by atoms with van der Waals surface area (Å²) in [5.74, 6) is -0.173. The first-order valence-corrected chi connectivity index (χ1v) is 11.1. The minimum absolute atomic E-state index is 0.173. The predicted octanol–water partition coefficient (Wildman–Crippen LogP) is 4.32. The number of hydrogen-bond donors (Lipinski definition) is 0. The van der Waals surface area contributed by atoms with Gasteiger partial charge in [-0.25, -0.2) is 4.39 Å². The van der Waals surface area contributed by atoms with Crippen molar-refractivity contribution in [3.63, 3.8) is 0 Å². The van der Waals surface area contributed by atoms with E-state index >= 15 is 0 Å². The SMILES string of the molecule is Cc1ccc(Cn2cccc2CN(CCN2CCOCC2)Cc2cccc(F)c2)cc1. The van der Waals surface area contributed by atoms with Crippen LogP contribution in [0.3, 0.4) is 0 Å². The summed E-state index contributed by atoms with van der Waals surface area (Å²) in [5, 5.41) is 0. The van der Waals surface area contributed by atoms with E-state index in [0.717, 1.165) is 64.6 Å². The van der Waals surface area contributed by atoms with Crippen LogP contribution in [0.15, 0.2) is 66.9 Å². The summed E-state index contributed by atoms with van der Waals surface area (Å²) >= 11 is 0. The van der Waals surface area contributed by atoms with Gasteiger partial charge < -0.3 is 9.30 Å². The standard InChI is InChI=1S/C26H32FN3O/c1-22-7-9-23(10-8-22)20-30-11-3-6-26(30)21-29(13-12-28-14-16-31-17-15-28)19-24-4-2-5-25(27)18-24/h2-11,18H,12-17,19-21H2,1H3. The summed E-state index contributed by atoms with van der Waals surface area (Å²) < 4.78 is 21.6. The van der Waals surface area contributed by atoms with Gasteiger partial charge in [0.15, 0.2) is 0 Å². The van der Waals surface area contributed by atoms with Crippen molar-refractivity contribution in [1.82, 2.24) is 14.4 Å². The first-order chi connectivity index (χ1) is 15.2. The molecule has 4 rings (SSSR count). The van der Waals surface area contributed by atoms with Gasteiger partial charge in [0.05, 0.1) is 13.2 Å². The van der Waals surface area contributed by atoms with Gasteiger partial charge in [-0.15, -0.1) is 0 Å². The first kappa shape index (κ1) is 21.8. The second kappa shape index (κ2) is 10.7. The number of rotatable bonds is 9. The van der Waals surface area contributed by atoms with Crippen molar-refractivity contribution in [1.29, 1.82) is 0 Å². The number of halogens is 1. The van der Waals surface area contributed by atoms with Crippen LogP contribution in [-0.2, 0) is 24.4 Å². The highest BCUT2D eigenvalue weighted by molar-refractivity contribution is 5.23. The second-order valence-corrected chi connectivity index (χ2v) is 8.41. The van der Waals surface area contributed by atoms with Gasteiger partial charge in [-0.1, -0.05) is 42.0 Å². The zero-order valence-electron chi connectivity index (χ0n) is 18.3. The van der Waals surface area contributed by atoms with Gasteiger partial charge in [0, 0.05) is 57.7 Å². The Balaban J connectivity index is 1.45. The molecule has 0 spiro atoms. The number of hydrogen-bond acceptors (Lipinski definition) is 3.